The second-order valence-corrected chi connectivity index (χ2v) is 3.82. The molecule has 2 aliphatic rings. The maximum absolute atomic E-state index is 11.6. The van der Waals surface area contributed by atoms with E-state index in [1.165, 1.54) is 6.08 Å². The number of nitrogens with zero attached hydrogens (tertiary/aromatic N) is 2. The lowest BCUT2D eigenvalue weighted by atomic mass is 10.4. The molecule has 2 fully saturated rings. The summed E-state index contributed by atoms with van der Waals surface area (Å²) in [7, 11) is 0. The number of rotatable bonds is 2. The third-order valence-electron chi connectivity index (χ3n) is 2.71. The van der Waals surface area contributed by atoms with Crippen LogP contribution in [0.25, 0.3) is 0 Å². The van der Waals surface area contributed by atoms with E-state index in [4.69, 9.17) is 0 Å². The Hall–Kier alpha value is -1.32. The van der Waals surface area contributed by atoms with Gasteiger partial charge in [-0.1, -0.05) is 6.58 Å². The van der Waals surface area contributed by atoms with Crippen LogP contribution in [0.15, 0.2) is 12.7 Å². The highest BCUT2D eigenvalue weighted by atomic mass is 16.2. The predicted molar refractivity (Wildman–Crippen MR) is 51.2 cm³/mol. The van der Waals surface area contributed by atoms with Gasteiger partial charge >= 0.3 is 0 Å². The van der Waals surface area contributed by atoms with Crippen molar-refractivity contribution in [2.75, 3.05) is 19.8 Å². The fraction of sp³-hybridized carbons (Fsp3) is 0.600. The van der Waals surface area contributed by atoms with Crippen molar-refractivity contribution >= 4 is 11.8 Å². The topological polar surface area (TPSA) is 40.6 Å². The summed E-state index contributed by atoms with van der Waals surface area (Å²) in [6.45, 7) is 5.19. The number of hydrogen-bond acceptors (Lipinski definition) is 2. The molecule has 0 aromatic carbocycles. The van der Waals surface area contributed by atoms with E-state index in [0.717, 1.165) is 12.8 Å². The van der Waals surface area contributed by atoms with Gasteiger partial charge in [0.15, 0.2) is 0 Å². The SMILES string of the molecule is C=CC(=O)N1CCN(C(=O)C2CC2)C1. The Kier molecular flexibility index (Phi) is 2.27. The van der Waals surface area contributed by atoms with Gasteiger partial charge in [0.2, 0.25) is 11.8 Å². The van der Waals surface area contributed by atoms with Gasteiger partial charge in [-0.3, -0.25) is 9.59 Å². The molecule has 0 aromatic heterocycles. The lowest BCUT2D eigenvalue weighted by Crippen LogP contribution is -2.33. The van der Waals surface area contributed by atoms with Crippen molar-refractivity contribution in [3.05, 3.63) is 12.7 Å². The monoisotopic (exact) mass is 194 g/mol. The summed E-state index contributed by atoms with van der Waals surface area (Å²) in [6, 6.07) is 0. The number of amides is 2. The molecule has 0 atom stereocenters. The number of carbonyl (C=O) groups excluding carboxylic acids is 2. The van der Waals surface area contributed by atoms with E-state index < -0.39 is 0 Å². The Morgan fingerprint density at radius 3 is 2.43 bits per heavy atom. The van der Waals surface area contributed by atoms with Gasteiger partial charge in [0.25, 0.3) is 0 Å². The van der Waals surface area contributed by atoms with Crippen LogP contribution in [0.3, 0.4) is 0 Å². The van der Waals surface area contributed by atoms with Crippen LogP contribution in [0.2, 0.25) is 0 Å². The van der Waals surface area contributed by atoms with Gasteiger partial charge in [0.05, 0.1) is 6.67 Å². The van der Waals surface area contributed by atoms with Gasteiger partial charge in [0, 0.05) is 19.0 Å². The summed E-state index contributed by atoms with van der Waals surface area (Å²) >= 11 is 0. The average molecular weight is 194 g/mol. The highest BCUT2D eigenvalue weighted by molar-refractivity contribution is 5.88. The Morgan fingerprint density at radius 1 is 1.21 bits per heavy atom. The molecule has 1 saturated heterocycles. The number of hydrogen-bond donors (Lipinski definition) is 0. The first-order valence-electron chi connectivity index (χ1n) is 4.92. The van der Waals surface area contributed by atoms with Crippen LogP contribution < -0.4 is 0 Å². The molecule has 14 heavy (non-hydrogen) atoms. The van der Waals surface area contributed by atoms with Crippen molar-refractivity contribution in [1.29, 1.82) is 0 Å². The summed E-state index contributed by atoms with van der Waals surface area (Å²) in [5.74, 6) is 0.370. The third-order valence-corrected chi connectivity index (χ3v) is 2.71. The minimum atomic E-state index is -0.0869. The largest absolute Gasteiger partial charge is 0.323 e. The molecule has 0 radical (unpaired) electrons. The molecule has 0 spiro atoms. The van der Waals surface area contributed by atoms with Crippen molar-refractivity contribution in [2.45, 2.75) is 12.8 Å². The molecular weight excluding hydrogens is 180 g/mol. The van der Waals surface area contributed by atoms with Crippen LogP contribution in [0, 0.1) is 5.92 Å². The van der Waals surface area contributed by atoms with Gasteiger partial charge in [-0.25, -0.2) is 0 Å². The molecule has 1 saturated carbocycles. The maximum Gasteiger partial charge on any atom is 0.247 e. The molecular formula is C10H14N2O2. The molecule has 1 aliphatic heterocycles. The van der Waals surface area contributed by atoms with E-state index >= 15 is 0 Å². The van der Waals surface area contributed by atoms with E-state index in [-0.39, 0.29) is 17.7 Å². The number of carbonyl (C=O) groups is 2. The van der Waals surface area contributed by atoms with Gasteiger partial charge in [-0.15, -0.1) is 0 Å². The molecule has 4 nitrogen and oxygen atoms in total. The van der Waals surface area contributed by atoms with Crippen LogP contribution in [-0.2, 0) is 9.59 Å². The zero-order valence-corrected chi connectivity index (χ0v) is 8.11. The smallest absolute Gasteiger partial charge is 0.247 e. The second kappa shape index (κ2) is 3.44. The van der Waals surface area contributed by atoms with E-state index in [1.807, 2.05) is 0 Å². The van der Waals surface area contributed by atoms with Crippen molar-refractivity contribution in [1.82, 2.24) is 9.80 Å². The van der Waals surface area contributed by atoms with E-state index in [9.17, 15) is 9.59 Å². The van der Waals surface area contributed by atoms with Crippen LogP contribution >= 0.6 is 0 Å². The standard InChI is InChI=1S/C10H14N2O2/c1-2-9(13)11-5-6-12(7-11)10(14)8-3-4-8/h2,8H,1,3-7H2. The Bertz CT molecular complexity index is 284. The third kappa shape index (κ3) is 1.64. The molecule has 0 bridgehead atoms. The minimum Gasteiger partial charge on any atom is -0.323 e. The first-order valence-corrected chi connectivity index (χ1v) is 4.92. The van der Waals surface area contributed by atoms with E-state index in [1.54, 1.807) is 9.80 Å². The zero-order valence-electron chi connectivity index (χ0n) is 8.11. The van der Waals surface area contributed by atoms with E-state index in [0.29, 0.717) is 19.8 Å². The minimum absolute atomic E-state index is 0.0869. The molecule has 1 heterocycles. The molecule has 2 rings (SSSR count). The van der Waals surface area contributed by atoms with Gasteiger partial charge in [-0.05, 0) is 18.9 Å². The fourth-order valence-corrected chi connectivity index (χ4v) is 1.67. The van der Waals surface area contributed by atoms with Crippen molar-refractivity contribution in [3.8, 4) is 0 Å². The Morgan fingerprint density at radius 2 is 1.86 bits per heavy atom. The quantitative estimate of drug-likeness (QED) is 0.590. The highest BCUT2D eigenvalue weighted by Gasteiger charge is 2.36. The summed E-state index contributed by atoms with van der Waals surface area (Å²) in [5, 5.41) is 0. The van der Waals surface area contributed by atoms with Crippen LogP contribution in [0.1, 0.15) is 12.8 Å². The summed E-state index contributed by atoms with van der Waals surface area (Å²) < 4.78 is 0. The molecule has 0 unspecified atom stereocenters. The molecule has 0 N–H and O–H groups in total. The summed E-state index contributed by atoms with van der Waals surface area (Å²) in [6.07, 6.45) is 3.33. The predicted octanol–water partition coefficient (Wildman–Crippen LogP) is 0.211. The van der Waals surface area contributed by atoms with Crippen LogP contribution in [0.5, 0.6) is 0 Å². The summed E-state index contributed by atoms with van der Waals surface area (Å²) in [4.78, 5) is 26.3. The normalized spacial score (nSPS) is 21.1. The Balaban J connectivity index is 1.90. The maximum atomic E-state index is 11.6. The highest BCUT2D eigenvalue weighted by Crippen LogP contribution is 2.31. The van der Waals surface area contributed by atoms with Crippen LogP contribution in [0.4, 0.5) is 0 Å². The van der Waals surface area contributed by atoms with Crippen molar-refractivity contribution in [2.24, 2.45) is 5.92 Å². The molecule has 1 aliphatic carbocycles. The Labute approximate surface area is 83.2 Å². The zero-order chi connectivity index (χ0) is 10.1. The van der Waals surface area contributed by atoms with Crippen molar-refractivity contribution < 1.29 is 9.59 Å². The van der Waals surface area contributed by atoms with Gasteiger partial charge < -0.3 is 9.80 Å². The van der Waals surface area contributed by atoms with E-state index in [2.05, 4.69) is 6.58 Å². The fourth-order valence-electron chi connectivity index (χ4n) is 1.67. The molecule has 76 valence electrons. The van der Waals surface area contributed by atoms with Crippen LogP contribution in [-0.4, -0.2) is 41.4 Å². The lowest BCUT2D eigenvalue weighted by Gasteiger charge is -2.16. The summed E-state index contributed by atoms with van der Waals surface area (Å²) in [5.41, 5.74) is 0. The molecule has 2 amide bonds. The molecule has 0 aromatic rings. The average Bonchev–Trinajstić information content (AvgIpc) is 2.93. The first kappa shape index (κ1) is 9.24. The molecule has 4 heteroatoms. The lowest BCUT2D eigenvalue weighted by molar-refractivity contribution is -0.133. The van der Waals surface area contributed by atoms with Gasteiger partial charge in [0.1, 0.15) is 0 Å². The van der Waals surface area contributed by atoms with Gasteiger partial charge in [-0.2, -0.15) is 0 Å². The first-order chi connectivity index (χ1) is 6.72. The van der Waals surface area contributed by atoms with Crippen molar-refractivity contribution in [3.63, 3.8) is 0 Å². The second-order valence-electron chi connectivity index (χ2n) is 3.82.